The van der Waals surface area contributed by atoms with Gasteiger partial charge in [-0.3, -0.25) is 4.40 Å². The number of fused-ring (bicyclic) bond motifs is 1. The Morgan fingerprint density at radius 2 is 2.08 bits per heavy atom. The van der Waals surface area contributed by atoms with Crippen LogP contribution >= 0.6 is 0 Å². The van der Waals surface area contributed by atoms with Crippen molar-refractivity contribution >= 4 is 15.5 Å². The summed E-state index contributed by atoms with van der Waals surface area (Å²) in [6.45, 7) is 0. The molecular formula is C7H7N3O2S. The van der Waals surface area contributed by atoms with Crippen molar-refractivity contribution in [3.05, 3.63) is 24.7 Å². The van der Waals surface area contributed by atoms with Crippen molar-refractivity contribution in [1.82, 2.24) is 14.4 Å². The maximum atomic E-state index is 11.2. The Morgan fingerprint density at radius 1 is 1.31 bits per heavy atom. The molecule has 0 fully saturated rings. The van der Waals surface area contributed by atoms with E-state index < -0.39 is 9.84 Å². The minimum absolute atomic E-state index is 0.0162. The second-order valence-electron chi connectivity index (χ2n) is 2.66. The van der Waals surface area contributed by atoms with Crippen LogP contribution in [0.1, 0.15) is 0 Å². The molecule has 0 radical (unpaired) electrons. The molecule has 0 aliphatic heterocycles. The number of hydrogen-bond acceptors (Lipinski definition) is 4. The molecule has 68 valence electrons. The minimum Gasteiger partial charge on any atom is -0.275 e. The molecule has 2 aromatic heterocycles. The van der Waals surface area contributed by atoms with Crippen LogP contribution in [0, 0.1) is 0 Å². The predicted molar refractivity (Wildman–Crippen MR) is 46.1 cm³/mol. The molecule has 5 nitrogen and oxygen atoms in total. The van der Waals surface area contributed by atoms with Gasteiger partial charge < -0.3 is 0 Å². The van der Waals surface area contributed by atoms with Crippen LogP contribution in [0.15, 0.2) is 29.8 Å². The van der Waals surface area contributed by atoms with E-state index in [4.69, 9.17) is 0 Å². The van der Waals surface area contributed by atoms with Crippen molar-refractivity contribution in [2.75, 3.05) is 6.26 Å². The average molecular weight is 197 g/mol. The molecule has 0 unspecified atom stereocenters. The first-order valence-electron chi connectivity index (χ1n) is 3.57. The van der Waals surface area contributed by atoms with Gasteiger partial charge in [0.15, 0.2) is 0 Å². The summed E-state index contributed by atoms with van der Waals surface area (Å²) in [5.74, 6) is 0. The Balaban J connectivity index is 2.91. The van der Waals surface area contributed by atoms with Crippen molar-refractivity contribution in [3.8, 4) is 0 Å². The van der Waals surface area contributed by atoms with Gasteiger partial charge in [0.05, 0.1) is 0 Å². The van der Waals surface area contributed by atoms with E-state index >= 15 is 0 Å². The van der Waals surface area contributed by atoms with E-state index in [9.17, 15) is 8.42 Å². The zero-order valence-electron chi connectivity index (χ0n) is 6.88. The molecule has 0 spiro atoms. The number of imidazole rings is 1. The van der Waals surface area contributed by atoms with Gasteiger partial charge in [0.25, 0.3) is 0 Å². The van der Waals surface area contributed by atoms with Crippen molar-refractivity contribution < 1.29 is 8.42 Å². The normalized spacial score (nSPS) is 12.1. The molecule has 0 saturated heterocycles. The van der Waals surface area contributed by atoms with E-state index in [0.29, 0.717) is 5.65 Å². The number of sulfone groups is 1. The number of aromatic nitrogens is 3. The molecule has 0 amide bonds. The van der Waals surface area contributed by atoms with Crippen LogP contribution in [0.25, 0.3) is 5.65 Å². The largest absolute Gasteiger partial charge is 0.275 e. The Kier molecular flexibility index (Phi) is 1.59. The molecule has 0 saturated carbocycles. The van der Waals surface area contributed by atoms with Gasteiger partial charge in [0.2, 0.25) is 15.0 Å². The molecule has 2 rings (SSSR count). The summed E-state index contributed by atoms with van der Waals surface area (Å²) >= 11 is 0. The Morgan fingerprint density at radius 3 is 2.77 bits per heavy atom. The maximum Gasteiger partial charge on any atom is 0.233 e. The molecule has 2 heterocycles. The molecule has 6 heteroatoms. The fraction of sp³-hybridized carbons (Fsp3) is 0.143. The number of hydrogen-bond donors (Lipinski definition) is 0. The van der Waals surface area contributed by atoms with Crippen molar-refractivity contribution in [2.24, 2.45) is 0 Å². The Bertz CT molecular complexity index is 544. The third kappa shape index (κ3) is 1.29. The number of rotatable bonds is 1. The molecule has 2 aromatic rings. The SMILES string of the molecule is CS(=O)(=O)c1nccc2nccn12. The van der Waals surface area contributed by atoms with Gasteiger partial charge in [-0.1, -0.05) is 0 Å². The fourth-order valence-electron chi connectivity index (χ4n) is 1.10. The standard InChI is InChI=1S/C7H7N3O2S/c1-13(11,12)7-9-3-2-6-8-4-5-10(6)7/h2-5H,1H3. The first-order valence-corrected chi connectivity index (χ1v) is 5.46. The lowest BCUT2D eigenvalue weighted by Gasteiger charge is -1.99. The zero-order chi connectivity index (χ0) is 9.47. The highest BCUT2D eigenvalue weighted by atomic mass is 32.2. The lowest BCUT2D eigenvalue weighted by Crippen LogP contribution is -2.06. The quantitative estimate of drug-likeness (QED) is 0.610. The van der Waals surface area contributed by atoms with Gasteiger partial charge >= 0.3 is 0 Å². The highest BCUT2D eigenvalue weighted by molar-refractivity contribution is 7.90. The monoisotopic (exact) mass is 197 g/mol. The third-order valence-electron chi connectivity index (χ3n) is 1.62. The summed E-state index contributed by atoms with van der Waals surface area (Å²) in [5.41, 5.74) is 0.579. The van der Waals surface area contributed by atoms with E-state index in [1.54, 1.807) is 12.3 Å². The van der Waals surface area contributed by atoms with Gasteiger partial charge in [-0.25, -0.2) is 18.4 Å². The van der Waals surface area contributed by atoms with Gasteiger partial charge in [0.1, 0.15) is 5.65 Å². The zero-order valence-corrected chi connectivity index (χ0v) is 7.69. The van der Waals surface area contributed by atoms with E-state index in [1.165, 1.54) is 16.8 Å². The summed E-state index contributed by atoms with van der Waals surface area (Å²) < 4.78 is 23.9. The maximum absolute atomic E-state index is 11.2. The minimum atomic E-state index is -3.29. The predicted octanol–water partition coefficient (Wildman–Crippen LogP) is 0.133. The van der Waals surface area contributed by atoms with Gasteiger partial charge in [-0.05, 0) is 6.07 Å². The Hall–Kier alpha value is -1.43. The lowest BCUT2D eigenvalue weighted by molar-refractivity contribution is 0.590. The highest BCUT2D eigenvalue weighted by Crippen LogP contribution is 2.07. The highest BCUT2D eigenvalue weighted by Gasteiger charge is 2.12. The van der Waals surface area contributed by atoms with Gasteiger partial charge in [-0.15, -0.1) is 0 Å². The van der Waals surface area contributed by atoms with Gasteiger partial charge in [-0.2, -0.15) is 0 Å². The van der Waals surface area contributed by atoms with E-state index in [0.717, 1.165) is 6.26 Å². The lowest BCUT2D eigenvalue weighted by atomic mass is 10.6. The molecule has 0 atom stereocenters. The summed E-state index contributed by atoms with van der Waals surface area (Å²) in [7, 11) is -3.29. The molecular weight excluding hydrogens is 190 g/mol. The summed E-state index contributed by atoms with van der Waals surface area (Å²) in [6, 6.07) is 1.65. The molecule has 0 bridgehead atoms. The topological polar surface area (TPSA) is 64.3 Å². The van der Waals surface area contributed by atoms with Crippen LogP contribution in [0.3, 0.4) is 0 Å². The second-order valence-corrected chi connectivity index (χ2v) is 4.56. The van der Waals surface area contributed by atoms with Gasteiger partial charge in [0, 0.05) is 24.8 Å². The van der Waals surface area contributed by atoms with Crippen LogP contribution in [-0.2, 0) is 9.84 Å². The molecule has 0 aliphatic carbocycles. The molecule has 13 heavy (non-hydrogen) atoms. The van der Waals surface area contributed by atoms with Crippen LogP contribution in [0.5, 0.6) is 0 Å². The van der Waals surface area contributed by atoms with Crippen LogP contribution < -0.4 is 0 Å². The second kappa shape index (κ2) is 2.53. The first kappa shape index (κ1) is 8.18. The van der Waals surface area contributed by atoms with Crippen molar-refractivity contribution in [1.29, 1.82) is 0 Å². The van der Waals surface area contributed by atoms with E-state index in [2.05, 4.69) is 9.97 Å². The summed E-state index contributed by atoms with van der Waals surface area (Å²) in [6.07, 6.45) is 5.65. The molecule has 0 aromatic carbocycles. The number of nitrogens with zero attached hydrogens (tertiary/aromatic N) is 3. The smallest absolute Gasteiger partial charge is 0.233 e. The average Bonchev–Trinajstić information content (AvgIpc) is 2.48. The summed E-state index contributed by atoms with van der Waals surface area (Å²) in [5, 5.41) is 0.0162. The summed E-state index contributed by atoms with van der Waals surface area (Å²) in [4.78, 5) is 7.74. The van der Waals surface area contributed by atoms with E-state index in [1.807, 2.05) is 0 Å². The molecule has 0 aliphatic rings. The van der Waals surface area contributed by atoms with Crippen LogP contribution in [-0.4, -0.2) is 29.0 Å². The molecule has 0 N–H and O–H groups in total. The van der Waals surface area contributed by atoms with E-state index in [-0.39, 0.29) is 5.16 Å². The Labute approximate surface area is 75.0 Å². The fourth-order valence-corrected chi connectivity index (χ4v) is 1.87. The van der Waals surface area contributed by atoms with Crippen LogP contribution in [0.4, 0.5) is 0 Å². The van der Waals surface area contributed by atoms with Crippen molar-refractivity contribution in [3.63, 3.8) is 0 Å². The third-order valence-corrected chi connectivity index (χ3v) is 2.58. The van der Waals surface area contributed by atoms with Crippen LogP contribution in [0.2, 0.25) is 0 Å². The first-order chi connectivity index (χ1) is 6.09. The van der Waals surface area contributed by atoms with Crippen molar-refractivity contribution in [2.45, 2.75) is 5.16 Å².